The number of halogens is 1. The van der Waals surface area contributed by atoms with Gasteiger partial charge in [0, 0.05) is 11.4 Å². The minimum atomic E-state index is -0.260. The summed E-state index contributed by atoms with van der Waals surface area (Å²) in [7, 11) is 0. The second-order valence-electron chi connectivity index (χ2n) is 6.29. The number of hydrogen-bond donors (Lipinski definition) is 1. The van der Waals surface area contributed by atoms with Crippen LogP contribution in [0.1, 0.15) is 27.3 Å². The van der Waals surface area contributed by atoms with Crippen LogP contribution in [0, 0.1) is 20.8 Å². The monoisotopic (exact) mass is 401 g/mol. The number of ether oxygens (including phenoxy) is 1. The fraction of sp³-hybridized carbons (Fsp3) is 0.250. The van der Waals surface area contributed by atoms with Crippen LogP contribution in [0.5, 0.6) is 5.75 Å². The van der Waals surface area contributed by atoms with Crippen LogP contribution in [0.25, 0.3) is 0 Å². The topological polar surface area (TPSA) is 64.1 Å². The number of aromatic nitrogens is 2. The first-order chi connectivity index (χ1) is 12.9. The number of anilines is 1. The van der Waals surface area contributed by atoms with E-state index in [2.05, 4.69) is 15.5 Å². The number of carbonyl (C=O) groups is 1. The highest BCUT2D eigenvalue weighted by molar-refractivity contribution is 7.15. The van der Waals surface area contributed by atoms with E-state index in [1.54, 1.807) is 0 Å². The zero-order chi connectivity index (χ0) is 19.4. The Kier molecular flexibility index (Phi) is 6.08. The standard InChI is InChI=1S/C20H20ClN3O2S/c1-12-4-5-13(2)19(14(12)3)26-11-17(25)22-20-24-23-18(27-20)10-15-6-8-16(21)9-7-15/h4-9H,10-11H2,1-3H3,(H,22,24,25). The van der Waals surface area contributed by atoms with Gasteiger partial charge in [0.2, 0.25) is 5.13 Å². The predicted octanol–water partition coefficient (Wildman–Crippen LogP) is 4.73. The third kappa shape index (κ3) is 5.05. The highest BCUT2D eigenvalue weighted by Crippen LogP contribution is 2.26. The molecule has 0 bridgehead atoms. The molecule has 0 saturated carbocycles. The van der Waals surface area contributed by atoms with Gasteiger partial charge in [-0.3, -0.25) is 10.1 Å². The van der Waals surface area contributed by atoms with Gasteiger partial charge in [0.1, 0.15) is 10.8 Å². The lowest BCUT2D eigenvalue weighted by atomic mass is 10.1. The van der Waals surface area contributed by atoms with Gasteiger partial charge in [0.05, 0.1) is 0 Å². The quantitative estimate of drug-likeness (QED) is 0.648. The molecule has 0 fully saturated rings. The molecule has 1 heterocycles. The van der Waals surface area contributed by atoms with E-state index < -0.39 is 0 Å². The van der Waals surface area contributed by atoms with Gasteiger partial charge in [-0.15, -0.1) is 10.2 Å². The Hall–Kier alpha value is -2.44. The van der Waals surface area contributed by atoms with Crippen molar-refractivity contribution in [1.82, 2.24) is 10.2 Å². The number of nitrogens with one attached hydrogen (secondary N) is 1. The molecule has 0 aliphatic heterocycles. The van der Waals surface area contributed by atoms with Crippen LogP contribution in [0.4, 0.5) is 5.13 Å². The molecular formula is C20H20ClN3O2S. The molecule has 0 spiro atoms. The van der Waals surface area contributed by atoms with Crippen LogP contribution >= 0.6 is 22.9 Å². The van der Waals surface area contributed by atoms with Crippen molar-refractivity contribution in [1.29, 1.82) is 0 Å². The van der Waals surface area contributed by atoms with Crippen molar-refractivity contribution in [3.05, 3.63) is 68.7 Å². The second kappa shape index (κ2) is 8.50. The number of carbonyl (C=O) groups excluding carboxylic acids is 1. The van der Waals surface area contributed by atoms with Crippen LogP contribution in [-0.2, 0) is 11.2 Å². The van der Waals surface area contributed by atoms with Gasteiger partial charge in [0.25, 0.3) is 5.91 Å². The van der Waals surface area contributed by atoms with Crippen molar-refractivity contribution in [2.45, 2.75) is 27.2 Å². The Labute approximate surface area is 167 Å². The lowest BCUT2D eigenvalue weighted by molar-refractivity contribution is -0.118. The normalized spacial score (nSPS) is 10.7. The summed E-state index contributed by atoms with van der Waals surface area (Å²) >= 11 is 7.24. The van der Waals surface area contributed by atoms with Crippen LogP contribution < -0.4 is 10.1 Å². The fourth-order valence-electron chi connectivity index (χ4n) is 2.59. The third-order valence-electron chi connectivity index (χ3n) is 4.20. The molecule has 27 heavy (non-hydrogen) atoms. The molecule has 0 atom stereocenters. The molecule has 1 amide bonds. The first-order valence-corrected chi connectivity index (χ1v) is 9.68. The summed E-state index contributed by atoms with van der Waals surface area (Å²) < 4.78 is 5.73. The minimum absolute atomic E-state index is 0.0722. The van der Waals surface area contributed by atoms with Gasteiger partial charge >= 0.3 is 0 Å². The maximum absolute atomic E-state index is 12.2. The molecule has 5 nitrogen and oxygen atoms in total. The average Bonchev–Trinajstić information content (AvgIpc) is 3.07. The zero-order valence-corrected chi connectivity index (χ0v) is 16.9. The number of rotatable bonds is 6. The second-order valence-corrected chi connectivity index (χ2v) is 7.79. The molecule has 2 aromatic carbocycles. The van der Waals surface area contributed by atoms with Gasteiger partial charge in [-0.2, -0.15) is 0 Å². The number of aryl methyl sites for hydroxylation is 2. The van der Waals surface area contributed by atoms with E-state index >= 15 is 0 Å². The van der Waals surface area contributed by atoms with Crippen molar-refractivity contribution in [2.75, 3.05) is 11.9 Å². The lowest BCUT2D eigenvalue weighted by Crippen LogP contribution is -2.20. The summed E-state index contributed by atoms with van der Waals surface area (Å²) in [6, 6.07) is 11.6. The molecule has 140 valence electrons. The van der Waals surface area contributed by atoms with Gasteiger partial charge in [-0.05, 0) is 55.2 Å². The van der Waals surface area contributed by atoms with Gasteiger partial charge < -0.3 is 4.74 Å². The average molecular weight is 402 g/mol. The van der Waals surface area contributed by atoms with E-state index in [1.165, 1.54) is 11.3 Å². The largest absolute Gasteiger partial charge is 0.483 e. The summed E-state index contributed by atoms with van der Waals surface area (Å²) in [5, 5.41) is 12.9. The summed E-state index contributed by atoms with van der Waals surface area (Å²) in [5.41, 5.74) is 4.27. The lowest BCUT2D eigenvalue weighted by Gasteiger charge is -2.13. The molecule has 0 unspecified atom stereocenters. The van der Waals surface area contributed by atoms with Crippen molar-refractivity contribution in [2.24, 2.45) is 0 Å². The molecule has 7 heteroatoms. The number of benzene rings is 2. The molecule has 3 rings (SSSR count). The summed E-state index contributed by atoms with van der Waals surface area (Å²) in [6.45, 7) is 5.90. The van der Waals surface area contributed by atoms with Gasteiger partial charge in [-0.1, -0.05) is 47.2 Å². The van der Waals surface area contributed by atoms with Gasteiger partial charge in [0.15, 0.2) is 6.61 Å². The Morgan fingerprint density at radius 1 is 1.07 bits per heavy atom. The fourth-order valence-corrected chi connectivity index (χ4v) is 3.51. The molecule has 1 N–H and O–H groups in total. The number of amides is 1. The van der Waals surface area contributed by atoms with E-state index in [0.717, 1.165) is 33.0 Å². The molecule has 0 aliphatic carbocycles. The maximum atomic E-state index is 12.2. The Bertz CT molecular complexity index is 954. The molecule has 0 radical (unpaired) electrons. The van der Waals surface area contributed by atoms with E-state index in [9.17, 15) is 4.79 Å². The van der Waals surface area contributed by atoms with Crippen LogP contribution in [-0.4, -0.2) is 22.7 Å². The van der Waals surface area contributed by atoms with E-state index in [4.69, 9.17) is 16.3 Å². The predicted molar refractivity (Wildman–Crippen MR) is 109 cm³/mol. The molecule has 3 aromatic rings. The molecule has 0 saturated heterocycles. The highest BCUT2D eigenvalue weighted by Gasteiger charge is 2.12. The number of hydrogen-bond acceptors (Lipinski definition) is 5. The van der Waals surface area contributed by atoms with Crippen molar-refractivity contribution < 1.29 is 9.53 Å². The van der Waals surface area contributed by atoms with E-state index in [-0.39, 0.29) is 12.5 Å². The maximum Gasteiger partial charge on any atom is 0.264 e. The smallest absolute Gasteiger partial charge is 0.264 e. The van der Waals surface area contributed by atoms with E-state index in [0.29, 0.717) is 16.6 Å². The molecule has 0 aliphatic rings. The first kappa shape index (κ1) is 19.3. The molecular weight excluding hydrogens is 382 g/mol. The Morgan fingerprint density at radius 3 is 2.52 bits per heavy atom. The van der Waals surface area contributed by atoms with Gasteiger partial charge in [-0.25, -0.2) is 0 Å². The Morgan fingerprint density at radius 2 is 1.78 bits per heavy atom. The van der Waals surface area contributed by atoms with Crippen LogP contribution in [0.2, 0.25) is 5.02 Å². The highest BCUT2D eigenvalue weighted by atomic mass is 35.5. The summed E-state index contributed by atoms with van der Waals surface area (Å²) in [4.78, 5) is 12.2. The summed E-state index contributed by atoms with van der Waals surface area (Å²) in [6.07, 6.45) is 0.642. The number of nitrogens with zero attached hydrogens (tertiary/aromatic N) is 2. The van der Waals surface area contributed by atoms with Crippen molar-refractivity contribution in [3.8, 4) is 5.75 Å². The van der Waals surface area contributed by atoms with Crippen LogP contribution in [0.3, 0.4) is 0 Å². The SMILES string of the molecule is Cc1ccc(C)c(OCC(=O)Nc2nnc(Cc3ccc(Cl)cc3)s2)c1C. The van der Waals surface area contributed by atoms with Crippen molar-refractivity contribution in [3.63, 3.8) is 0 Å². The zero-order valence-electron chi connectivity index (χ0n) is 15.4. The van der Waals surface area contributed by atoms with E-state index in [1.807, 2.05) is 57.2 Å². The third-order valence-corrected chi connectivity index (χ3v) is 5.29. The molecule has 1 aromatic heterocycles. The van der Waals surface area contributed by atoms with Crippen molar-refractivity contribution >= 4 is 34.0 Å². The van der Waals surface area contributed by atoms with Crippen LogP contribution in [0.15, 0.2) is 36.4 Å². The summed E-state index contributed by atoms with van der Waals surface area (Å²) in [5.74, 6) is 0.496. The minimum Gasteiger partial charge on any atom is -0.483 e. The Balaban J connectivity index is 1.57. The first-order valence-electron chi connectivity index (χ1n) is 8.48.